The van der Waals surface area contributed by atoms with E-state index < -0.39 is 17.8 Å². The number of amides is 2. The molecule has 0 aliphatic heterocycles. The number of hydrogen-bond acceptors (Lipinski definition) is 6. The molecule has 0 spiro atoms. The summed E-state index contributed by atoms with van der Waals surface area (Å²) in [4.78, 5) is 27.6. The molecule has 0 radical (unpaired) electrons. The van der Waals surface area contributed by atoms with Gasteiger partial charge in [-0.15, -0.1) is 5.10 Å². The number of H-pyrrole nitrogens is 1. The lowest BCUT2D eigenvalue weighted by Gasteiger charge is -2.15. The van der Waals surface area contributed by atoms with Crippen LogP contribution in [0.2, 0.25) is 0 Å². The molecule has 2 heterocycles. The van der Waals surface area contributed by atoms with Gasteiger partial charge in [-0.1, -0.05) is 30.3 Å². The van der Waals surface area contributed by atoms with Gasteiger partial charge in [0.25, 0.3) is 0 Å². The molecule has 1 atom stereocenters. The van der Waals surface area contributed by atoms with Crippen LogP contribution in [0.1, 0.15) is 31.1 Å². The Morgan fingerprint density at radius 2 is 2.00 bits per heavy atom. The third-order valence-electron chi connectivity index (χ3n) is 4.18. The molecule has 0 bridgehead atoms. The number of esters is 1. The second kappa shape index (κ2) is 8.55. The second-order valence-electron chi connectivity index (χ2n) is 6.22. The van der Waals surface area contributed by atoms with Crippen molar-refractivity contribution in [1.29, 1.82) is 0 Å². The molecule has 9 nitrogen and oxygen atoms in total. The summed E-state index contributed by atoms with van der Waals surface area (Å²) in [7, 11) is 1.37. The number of hydrogen-bond donors (Lipinski definition) is 3. The molecule has 3 aromatic rings. The number of pyridine rings is 1. The summed E-state index contributed by atoms with van der Waals surface area (Å²) in [5.74, 6) is -1.58. The standard InChI is InChI=1S/C19H20FN5O4/c1-10(12-7-5-4-6-8-12)21-19(27)23-17-15(20)16-14(18(28-3)25-24-16)13(22-17)9-29-11(2)26/h4-8,10H,9H2,1-3H3,(H,24,25)(H2,21,22,23,27). The molecule has 152 valence electrons. The number of nitrogens with one attached hydrogen (secondary N) is 3. The van der Waals surface area contributed by atoms with Crippen LogP contribution in [0, 0.1) is 5.82 Å². The van der Waals surface area contributed by atoms with Gasteiger partial charge in [-0.2, -0.15) is 0 Å². The molecule has 2 aromatic heterocycles. The fourth-order valence-corrected chi connectivity index (χ4v) is 2.78. The van der Waals surface area contributed by atoms with E-state index in [-0.39, 0.29) is 40.9 Å². The number of carbonyl (C=O) groups excluding carboxylic acids is 2. The van der Waals surface area contributed by atoms with Gasteiger partial charge in [0.1, 0.15) is 12.1 Å². The van der Waals surface area contributed by atoms with E-state index in [2.05, 4.69) is 25.8 Å². The summed E-state index contributed by atoms with van der Waals surface area (Å²) in [6.45, 7) is 2.80. The zero-order valence-corrected chi connectivity index (χ0v) is 16.1. The lowest BCUT2D eigenvalue weighted by molar-refractivity contribution is -0.142. The summed E-state index contributed by atoms with van der Waals surface area (Å²) in [5, 5.41) is 11.7. The van der Waals surface area contributed by atoms with Crippen molar-refractivity contribution < 1.29 is 23.5 Å². The number of methoxy groups -OCH3 is 1. The minimum atomic E-state index is -0.815. The molecular formula is C19H20FN5O4. The number of anilines is 1. The maximum absolute atomic E-state index is 14.9. The van der Waals surface area contributed by atoms with Crippen LogP contribution < -0.4 is 15.4 Å². The Kier molecular flexibility index (Phi) is 5.91. The molecule has 29 heavy (non-hydrogen) atoms. The maximum Gasteiger partial charge on any atom is 0.320 e. The van der Waals surface area contributed by atoms with Crippen molar-refractivity contribution in [1.82, 2.24) is 20.5 Å². The average Bonchev–Trinajstić information content (AvgIpc) is 3.14. The van der Waals surface area contributed by atoms with Crippen LogP contribution >= 0.6 is 0 Å². The Balaban J connectivity index is 1.87. The average molecular weight is 401 g/mol. The number of urea groups is 1. The van der Waals surface area contributed by atoms with Gasteiger partial charge >= 0.3 is 12.0 Å². The first-order valence-electron chi connectivity index (χ1n) is 8.77. The number of aromatic nitrogens is 3. The molecule has 0 saturated carbocycles. The van der Waals surface area contributed by atoms with Crippen molar-refractivity contribution >= 4 is 28.7 Å². The highest BCUT2D eigenvalue weighted by Crippen LogP contribution is 2.31. The summed E-state index contributed by atoms with van der Waals surface area (Å²) in [6.07, 6.45) is 0. The third-order valence-corrected chi connectivity index (χ3v) is 4.18. The number of rotatable bonds is 6. The van der Waals surface area contributed by atoms with E-state index in [4.69, 9.17) is 9.47 Å². The van der Waals surface area contributed by atoms with Gasteiger partial charge in [-0.3, -0.25) is 15.2 Å². The van der Waals surface area contributed by atoms with Crippen LogP contribution in [0.4, 0.5) is 15.0 Å². The van der Waals surface area contributed by atoms with Crippen LogP contribution in [0.25, 0.3) is 10.9 Å². The smallest absolute Gasteiger partial charge is 0.320 e. The van der Waals surface area contributed by atoms with Gasteiger partial charge < -0.3 is 14.8 Å². The number of carbonyl (C=O) groups is 2. The van der Waals surface area contributed by atoms with Crippen molar-refractivity contribution in [3.63, 3.8) is 0 Å². The SMILES string of the molecule is COc1n[nH]c2c(F)c(NC(=O)NC(C)c3ccccc3)nc(COC(C)=O)c12. The first kappa shape index (κ1) is 20.1. The highest BCUT2D eigenvalue weighted by Gasteiger charge is 2.22. The second-order valence-corrected chi connectivity index (χ2v) is 6.22. The maximum atomic E-state index is 14.9. The van der Waals surface area contributed by atoms with E-state index in [1.165, 1.54) is 14.0 Å². The molecular weight excluding hydrogens is 381 g/mol. The normalized spacial score (nSPS) is 11.7. The fourth-order valence-electron chi connectivity index (χ4n) is 2.78. The predicted octanol–water partition coefficient (Wildman–Crippen LogP) is 3.05. The van der Waals surface area contributed by atoms with E-state index in [0.29, 0.717) is 0 Å². The molecule has 3 rings (SSSR count). The molecule has 3 N–H and O–H groups in total. The minimum absolute atomic E-state index is 0.0228. The topological polar surface area (TPSA) is 118 Å². The Hall–Kier alpha value is -3.69. The van der Waals surface area contributed by atoms with Crippen molar-refractivity contribution in [2.24, 2.45) is 0 Å². The summed E-state index contributed by atoms with van der Waals surface area (Å²) in [5.41, 5.74) is 1.06. The highest BCUT2D eigenvalue weighted by atomic mass is 19.1. The van der Waals surface area contributed by atoms with Gasteiger partial charge in [-0.05, 0) is 12.5 Å². The van der Waals surface area contributed by atoms with Gasteiger partial charge in [0.15, 0.2) is 11.6 Å². The lowest BCUT2D eigenvalue weighted by Crippen LogP contribution is -2.32. The van der Waals surface area contributed by atoms with Crippen LogP contribution in [0.3, 0.4) is 0 Å². The number of fused-ring (bicyclic) bond motifs is 1. The molecule has 1 unspecified atom stereocenters. The molecule has 1 aromatic carbocycles. The summed E-state index contributed by atoms with van der Waals surface area (Å²) < 4.78 is 25.0. The van der Waals surface area contributed by atoms with E-state index in [1.54, 1.807) is 6.92 Å². The predicted molar refractivity (Wildman–Crippen MR) is 103 cm³/mol. The number of aromatic amines is 1. The number of halogens is 1. The quantitative estimate of drug-likeness (QED) is 0.547. The van der Waals surface area contributed by atoms with Gasteiger partial charge in [0, 0.05) is 6.92 Å². The Bertz CT molecular complexity index is 1040. The molecule has 0 aliphatic carbocycles. The Labute approximate surface area is 165 Å². The van der Waals surface area contributed by atoms with E-state index >= 15 is 0 Å². The van der Waals surface area contributed by atoms with Gasteiger partial charge in [-0.25, -0.2) is 14.2 Å². The summed E-state index contributed by atoms with van der Waals surface area (Å²) >= 11 is 0. The molecule has 0 saturated heterocycles. The number of nitrogens with zero attached hydrogens (tertiary/aromatic N) is 2. The fraction of sp³-hybridized carbons (Fsp3) is 0.263. The Morgan fingerprint density at radius 3 is 2.66 bits per heavy atom. The van der Waals surface area contributed by atoms with Crippen molar-refractivity contribution in [2.75, 3.05) is 12.4 Å². The molecule has 2 amide bonds. The first-order valence-corrected chi connectivity index (χ1v) is 8.77. The number of benzene rings is 1. The molecule has 0 fully saturated rings. The van der Waals surface area contributed by atoms with Crippen LogP contribution in [0.5, 0.6) is 5.88 Å². The van der Waals surface area contributed by atoms with Crippen molar-refractivity contribution in [3.05, 3.63) is 47.4 Å². The minimum Gasteiger partial charge on any atom is -0.479 e. The van der Waals surface area contributed by atoms with E-state index in [9.17, 15) is 14.0 Å². The van der Waals surface area contributed by atoms with Crippen LogP contribution in [0.15, 0.2) is 30.3 Å². The van der Waals surface area contributed by atoms with E-state index in [1.807, 2.05) is 30.3 Å². The van der Waals surface area contributed by atoms with Crippen molar-refractivity contribution in [3.8, 4) is 5.88 Å². The van der Waals surface area contributed by atoms with E-state index in [0.717, 1.165) is 5.56 Å². The largest absolute Gasteiger partial charge is 0.479 e. The first-order chi connectivity index (χ1) is 13.9. The highest BCUT2D eigenvalue weighted by molar-refractivity contribution is 5.94. The zero-order valence-electron chi connectivity index (χ0n) is 16.1. The molecule has 10 heteroatoms. The van der Waals surface area contributed by atoms with Crippen molar-refractivity contribution in [2.45, 2.75) is 26.5 Å². The third kappa shape index (κ3) is 4.42. The lowest BCUT2D eigenvalue weighted by atomic mass is 10.1. The van der Waals surface area contributed by atoms with Crippen LogP contribution in [-0.4, -0.2) is 34.3 Å². The van der Waals surface area contributed by atoms with Gasteiger partial charge in [0.05, 0.1) is 24.2 Å². The number of ether oxygens (including phenoxy) is 2. The van der Waals surface area contributed by atoms with Crippen LogP contribution in [-0.2, 0) is 16.1 Å². The summed E-state index contributed by atoms with van der Waals surface area (Å²) in [6, 6.07) is 8.36. The zero-order chi connectivity index (χ0) is 21.0. The van der Waals surface area contributed by atoms with Gasteiger partial charge in [0.2, 0.25) is 5.88 Å². The molecule has 0 aliphatic rings. The monoisotopic (exact) mass is 401 g/mol. The Morgan fingerprint density at radius 1 is 1.28 bits per heavy atom.